The van der Waals surface area contributed by atoms with Gasteiger partial charge >= 0.3 is 6.16 Å². The third-order valence-corrected chi connectivity index (χ3v) is 5.42. The molecule has 33 heavy (non-hydrogen) atoms. The van der Waals surface area contributed by atoms with Gasteiger partial charge in [-0.05, 0) is 37.7 Å². The molecule has 0 aliphatic heterocycles. The molecule has 5 nitrogen and oxygen atoms in total. The maximum absolute atomic E-state index is 11.7. The van der Waals surface area contributed by atoms with Gasteiger partial charge in [0, 0.05) is 13.5 Å². The number of aliphatic hydroxyl groups is 1. The van der Waals surface area contributed by atoms with Crippen LogP contribution in [0.2, 0.25) is 0 Å². The Hall–Kier alpha value is -1.85. The zero-order chi connectivity index (χ0) is 24.0. The van der Waals surface area contributed by atoms with E-state index >= 15 is 0 Å². The second-order valence-electron chi connectivity index (χ2n) is 8.94. The largest absolute Gasteiger partial charge is 0.511 e. The number of hydrogen-bond acceptors (Lipinski definition) is 5. The highest BCUT2D eigenvalue weighted by Crippen LogP contribution is 2.12. The first kappa shape index (κ1) is 29.2. The number of carbonyl (C=O) groups excluding carboxylic acids is 1. The van der Waals surface area contributed by atoms with Crippen LogP contribution in [-0.4, -0.2) is 30.3 Å². The third-order valence-electron chi connectivity index (χ3n) is 5.42. The Bertz CT molecular complexity index is 612. The van der Waals surface area contributed by atoms with Gasteiger partial charge in [-0.3, -0.25) is 0 Å². The van der Waals surface area contributed by atoms with E-state index < -0.39 is 11.9 Å². The minimum atomic E-state index is -1.70. The first-order valence-electron chi connectivity index (χ1n) is 12.9. The Morgan fingerprint density at radius 1 is 0.879 bits per heavy atom. The summed E-state index contributed by atoms with van der Waals surface area (Å²) in [7, 11) is 0. The molecule has 1 aromatic rings. The van der Waals surface area contributed by atoms with Crippen molar-refractivity contribution in [2.24, 2.45) is 0 Å². The lowest BCUT2D eigenvalue weighted by Gasteiger charge is -2.22. The number of rotatable bonds is 20. The summed E-state index contributed by atoms with van der Waals surface area (Å²) < 4.78 is 15.5. The van der Waals surface area contributed by atoms with Crippen molar-refractivity contribution in [2.75, 3.05) is 13.2 Å². The summed E-state index contributed by atoms with van der Waals surface area (Å²) in [4.78, 5) is 11.7. The topological polar surface area (TPSA) is 65.0 Å². The quantitative estimate of drug-likeness (QED) is 0.0930. The Labute approximate surface area is 201 Å². The Morgan fingerprint density at radius 2 is 1.45 bits per heavy atom. The molecular weight excluding hydrogens is 416 g/mol. The van der Waals surface area contributed by atoms with Crippen LogP contribution in [0, 0.1) is 0 Å². The summed E-state index contributed by atoms with van der Waals surface area (Å²) in [5.41, 5.74) is 0.856. The summed E-state index contributed by atoms with van der Waals surface area (Å²) in [5, 5.41) is 10.2. The van der Waals surface area contributed by atoms with Gasteiger partial charge in [0.2, 0.25) is 5.79 Å². The van der Waals surface area contributed by atoms with Gasteiger partial charge in [0.05, 0.1) is 0 Å². The van der Waals surface area contributed by atoms with Crippen molar-refractivity contribution in [3.63, 3.8) is 0 Å². The van der Waals surface area contributed by atoms with Gasteiger partial charge in [-0.2, -0.15) is 0 Å². The van der Waals surface area contributed by atoms with E-state index in [2.05, 4.69) is 19.1 Å². The molecule has 5 heteroatoms. The number of allylic oxidation sites excluding steroid dienone is 2. The van der Waals surface area contributed by atoms with Gasteiger partial charge in [-0.1, -0.05) is 101 Å². The fraction of sp³-hybridized carbons (Fsp3) is 0.679. The van der Waals surface area contributed by atoms with Gasteiger partial charge < -0.3 is 19.3 Å². The molecule has 0 aromatic heterocycles. The first-order chi connectivity index (χ1) is 16.0. The van der Waals surface area contributed by atoms with Crippen LogP contribution in [0.1, 0.15) is 103 Å². The van der Waals surface area contributed by atoms with Crippen LogP contribution >= 0.6 is 0 Å². The molecule has 188 valence electrons. The van der Waals surface area contributed by atoms with Crippen LogP contribution in [-0.2, 0) is 20.8 Å². The van der Waals surface area contributed by atoms with E-state index in [4.69, 9.17) is 14.2 Å². The van der Waals surface area contributed by atoms with E-state index in [9.17, 15) is 9.90 Å². The van der Waals surface area contributed by atoms with Crippen LogP contribution in [0.3, 0.4) is 0 Å². The molecule has 0 saturated carbocycles. The molecule has 1 aromatic carbocycles. The average molecular weight is 463 g/mol. The smallest absolute Gasteiger partial charge is 0.429 e. The predicted octanol–water partition coefficient (Wildman–Crippen LogP) is 7.71. The lowest BCUT2D eigenvalue weighted by Crippen LogP contribution is -2.36. The molecule has 1 N–H and O–H groups in total. The maximum atomic E-state index is 11.7. The Balaban J connectivity index is 1.90. The second kappa shape index (κ2) is 19.6. The third kappa shape index (κ3) is 18.3. The van der Waals surface area contributed by atoms with Crippen LogP contribution in [0.5, 0.6) is 0 Å². The van der Waals surface area contributed by atoms with E-state index in [0.29, 0.717) is 6.61 Å². The first-order valence-corrected chi connectivity index (χ1v) is 12.9. The van der Waals surface area contributed by atoms with Crippen LogP contribution in [0.25, 0.3) is 0 Å². The summed E-state index contributed by atoms with van der Waals surface area (Å²) in [6, 6.07) is 9.32. The summed E-state index contributed by atoms with van der Waals surface area (Å²) in [6.07, 6.45) is 20.0. The van der Waals surface area contributed by atoms with Gasteiger partial charge in [0.25, 0.3) is 0 Å². The molecule has 0 aliphatic carbocycles. The van der Waals surface area contributed by atoms with Crippen molar-refractivity contribution in [3.05, 3.63) is 48.0 Å². The number of ether oxygens (including phenoxy) is 3. The summed E-state index contributed by atoms with van der Waals surface area (Å²) >= 11 is 0. The van der Waals surface area contributed by atoms with Crippen molar-refractivity contribution < 1.29 is 24.1 Å². The van der Waals surface area contributed by atoms with Crippen molar-refractivity contribution in [1.29, 1.82) is 0 Å². The summed E-state index contributed by atoms with van der Waals surface area (Å²) in [5.74, 6) is -1.70. The molecule has 0 amide bonds. The van der Waals surface area contributed by atoms with E-state index in [1.54, 1.807) is 0 Å². The lowest BCUT2D eigenvalue weighted by molar-refractivity contribution is -0.196. The van der Waals surface area contributed by atoms with E-state index in [1.165, 1.54) is 77.6 Å². The van der Waals surface area contributed by atoms with Crippen LogP contribution in [0.4, 0.5) is 4.79 Å². The van der Waals surface area contributed by atoms with E-state index in [-0.39, 0.29) is 13.2 Å². The molecule has 0 spiro atoms. The molecule has 0 fully saturated rings. The second-order valence-corrected chi connectivity index (χ2v) is 8.94. The normalized spacial score (nSPS) is 13.2. The van der Waals surface area contributed by atoms with Crippen LogP contribution in [0.15, 0.2) is 42.5 Å². The number of unbranched alkanes of at least 4 members (excludes halogenated alkanes) is 11. The molecule has 0 heterocycles. The molecule has 1 atom stereocenters. The molecule has 0 radical (unpaired) electrons. The van der Waals surface area contributed by atoms with E-state index in [1.807, 2.05) is 30.3 Å². The maximum Gasteiger partial charge on any atom is 0.511 e. The van der Waals surface area contributed by atoms with Gasteiger partial charge in [0.1, 0.15) is 13.2 Å². The van der Waals surface area contributed by atoms with Gasteiger partial charge in [0.15, 0.2) is 0 Å². The monoisotopic (exact) mass is 462 g/mol. The lowest BCUT2D eigenvalue weighted by atomic mass is 10.1. The van der Waals surface area contributed by atoms with Gasteiger partial charge in [-0.15, -0.1) is 0 Å². The van der Waals surface area contributed by atoms with Crippen molar-refractivity contribution >= 4 is 6.16 Å². The van der Waals surface area contributed by atoms with Crippen molar-refractivity contribution in [3.8, 4) is 0 Å². The van der Waals surface area contributed by atoms with Gasteiger partial charge in [-0.25, -0.2) is 4.79 Å². The standard InChI is InChI=1S/C28H46O5/c1-3-4-5-6-7-8-9-10-11-12-13-14-15-16-20-23-31-25-28(2,30)33-27(29)32-24-26-21-18-17-19-22-26/h10-11,17-19,21-22,30H,3-9,12-16,20,23-25H2,1-2H3/b11-10-. The predicted molar refractivity (Wildman–Crippen MR) is 134 cm³/mol. The highest BCUT2D eigenvalue weighted by molar-refractivity contribution is 5.60. The highest BCUT2D eigenvalue weighted by atomic mass is 16.8. The molecular formula is C28H46O5. The Kier molecular flexibility index (Phi) is 17.3. The molecule has 1 unspecified atom stereocenters. The fourth-order valence-electron chi connectivity index (χ4n) is 3.49. The van der Waals surface area contributed by atoms with Crippen molar-refractivity contribution in [2.45, 2.75) is 110 Å². The zero-order valence-electron chi connectivity index (χ0n) is 20.9. The molecule has 0 bridgehead atoms. The molecule has 1 rings (SSSR count). The number of hydrogen-bond donors (Lipinski definition) is 1. The fourth-order valence-corrected chi connectivity index (χ4v) is 3.49. The average Bonchev–Trinajstić information content (AvgIpc) is 2.80. The van der Waals surface area contributed by atoms with E-state index in [0.717, 1.165) is 18.4 Å². The number of benzene rings is 1. The Morgan fingerprint density at radius 3 is 2.09 bits per heavy atom. The molecule has 0 aliphatic rings. The number of carbonyl (C=O) groups is 1. The summed E-state index contributed by atoms with van der Waals surface area (Å²) in [6.45, 7) is 4.23. The minimum absolute atomic E-state index is 0.0726. The van der Waals surface area contributed by atoms with Crippen molar-refractivity contribution in [1.82, 2.24) is 0 Å². The van der Waals surface area contributed by atoms with Crippen LogP contribution < -0.4 is 0 Å². The zero-order valence-corrected chi connectivity index (χ0v) is 20.9. The SMILES string of the molecule is CCCCCCCC/C=C\CCCCCCCOCC(C)(O)OC(=O)OCc1ccccc1. The minimum Gasteiger partial charge on any atom is -0.429 e. The molecule has 0 saturated heterocycles. The highest BCUT2D eigenvalue weighted by Gasteiger charge is 2.26.